The third kappa shape index (κ3) is 3.15. The van der Waals surface area contributed by atoms with Crippen molar-refractivity contribution in [2.24, 2.45) is 0 Å². The molecule has 112 valence electrons. The molecule has 2 amide bonds. The van der Waals surface area contributed by atoms with Gasteiger partial charge in [0, 0.05) is 13.0 Å². The fourth-order valence-corrected chi connectivity index (χ4v) is 2.03. The summed E-state index contributed by atoms with van der Waals surface area (Å²) in [4.78, 5) is 36.4. The number of carbonyl (C=O) groups excluding carboxylic acids is 3. The summed E-state index contributed by atoms with van der Waals surface area (Å²) in [6.45, 7) is 5.44. The number of hydrogen-bond donors (Lipinski definition) is 0. The molecule has 21 heavy (non-hydrogen) atoms. The van der Waals surface area contributed by atoms with Crippen molar-refractivity contribution < 1.29 is 19.1 Å². The minimum atomic E-state index is -0.622. The van der Waals surface area contributed by atoms with Crippen molar-refractivity contribution in [3.05, 3.63) is 24.0 Å². The molecule has 0 bridgehead atoms. The van der Waals surface area contributed by atoms with Crippen LogP contribution < -0.4 is 0 Å². The Morgan fingerprint density at radius 1 is 1.48 bits per heavy atom. The number of aromatic nitrogens is 3. The zero-order valence-corrected chi connectivity index (χ0v) is 11.7. The van der Waals surface area contributed by atoms with Gasteiger partial charge in [0.15, 0.2) is 5.69 Å². The Balaban J connectivity index is 2.06. The standard InChI is InChI=1S/C13H16N4O4/c1-3-7-21-13(20)12-9(2)17(15-14-12)8-11(19)16-6-4-5-10(16)18/h3H,1,4-8H2,2H3. The SMILES string of the molecule is C=CCOC(=O)c1nnn(CC(=O)N2CCCC2=O)c1C. The first kappa shape index (κ1) is 14.9. The summed E-state index contributed by atoms with van der Waals surface area (Å²) in [5, 5.41) is 7.48. The van der Waals surface area contributed by atoms with Crippen LogP contribution in [0.4, 0.5) is 0 Å². The summed E-state index contributed by atoms with van der Waals surface area (Å²) in [6.07, 6.45) is 2.52. The van der Waals surface area contributed by atoms with Crippen LogP contribution >= 0.6 is 0 Å². The second kappa shape index (κ2) is 6.29. The third-order valence-corrected chi connectivity index (χ3v) is 3.17. The highest BCUT2D eigenvalue weighted by atomic mass is 16.5. The Morgan fingerprint density at radius 3 is 2.86 bits per heavy atom. The van der Waals surface area contributed by atoms with Crippen molar-refractivity contribution in [2.45, 2.75) is 26.3 Å². The molecular formula is C13H16N4O4. The van der Waals surface area contributed by atoms with Crippen molar-refractivity contribution >= 4 is 17.8 Å². The van der Waals surface area contributed by atoms with Gasteiger partial charge in [0.25, 0.3) is 5.91 Å². The zero-order valence-electron chi connectivity index (χ0n) is 11.7. The summed E-state index contributed by atoms with van der Waals surface area (Å²) in [6, 6.07) is 0. The topological polar surface area (TPSA) is 94.4 Å². The maximum absolute atomic E-state index is 12.0. The first-order chi connectivity index (χ1) is 10.0. The van der Waals surface area contributed by atoms with Gasteiger partial charge in [0.05, 0.1) is 5.69 Å². The van der Waals surface area contributed by atoms with Crippen molar-refractivity contribution in [1.82, 2.24) is 19.9 Å². The molecule has 0 radical (unpaired) electrons. The summed E-state index contributed by atoms with van der Waals surface area (Å²) in [5.41, 5.74) is 0.474. The number of imide groups is 1. The summed E-state index contributed by atoms with van der Waals surface area (Å²) >= 11 is 0. The van der Waals surface area contributed by atoms with E-state index in [1.807, 2.05) is 0 Å². The van der Waals surface area contributed by atoms with Crippen molar-refractivity contribution in [3.8, 4) is 0 Å². The highest BCUT2D eigenvalue weighted by Crippen LogP contribution is 2.12. The number of ether oxygens (including phenoxy) is 1. The van der Waals surface area contributed by atoms with Crippen LogP contribution in [0.15, 0.2) is 12.7 Å². The lowest BCUT2D eigenvalue weighted by Crippen LogP contribution is -2.35. The number of hydrogen-bond acceptors (Lipinski definition) is 6. The fourth-order valence-electron chi connectivity index (χ4n) is 2.03. The predicted octanol–water partition coefficient (Wildman–Crippen LogP) is 0.0783. The monoisotopic (exact) mass is 292 g/mol. The molecule has 0 unspecified atom stereocenters. The molecule has 0 aromatic carbocycles. The van der Waals surface area contributed by atoms with E-state index in [4.69, 9.17) is 4.74 Å². The van der Waals surface area contributed by atoms with Crippen LogP contribution in [0.5, 0.6) is 0 Å². The van der Waals surface area contributed by atoms with Crippen LogP contribution in [-0.2, 0) is 20.9 Å². The van der Waals surface area contributed by atoms with Crippen molar-refractivity contribution in [3.63, 3.8) is 0 Å². The maximum atomic E-state index is 12.0. The number of amides is 2. The molecule has 0 saturated carbocycles. The van der Waals surface area contributed by atoms with Gasteiger partial charge in [-0.15, -0.1) is 5.10 Å². The largest absolute Gasteiger partial charge is 0.457 e. The Hall–Kier alpha value is -2.51. The van der Waals surface area contributed by atoms with Gasteiger partial charge >= 0.3 is 5.97 Å². The average Bonchev–Trinajstić information content (AvgIpc) is 3.03. The molecule has 8 nitrogen and oxygen atoms in total. The smallest absolute Gasteiger partial charge is 0.361 e. The molecule has 0 spiro atoms. The van der Waals surface area contributed by atoms with Gasteiger partial charge in [-0.2, -0.15) is 0 Å². The Kier molecular flexibility index (Phi) is 4.46. The molecule has 1 aliphatic rings. The molecular weight excluding hydrogens is 276 g/mol. The lowest BCUT2D eigenvalue weighted by Gasteiger charge is -2.13. The molecule has 2 heterocycles. The van der Waals surface area contributed by atoms with Crippen LogP contribution in [0.2, 0.25) is 0 Å². The van der Waals surface area contributed by atoms with E-state index in [1.54, 1.807) is 6.92 Å². The molecule has 0 N–H and O–H groups in total. The highest BCUT2D eigenvalue weighted by molar-refractivity contribution is 5.96. The van der Waals surface area contributed by atoms with E-state index >= 15 is 0 Å². The molecule has 1 aromatic rings. The number of carbonyl (C=O) groups is 3. The van der Waals surface area contributed by atoms with E-state index < -0.39 is 5.97 Å². The minimum absolute atomic E-state index is 0.0531. The lowest BCUT2D eigenvalue weighted by molar-refractivity contribution is -0.142. The van der Waals surface area contributed by atoms with Gasteiger partial charge in [-0.1, -0.05) is 17.9 Å². The van der Waals surface area contributed by atoms with Gasteiger partial charge < -0.3 is 4.74 Å². The number of esters is 1. The van der Waals surface area contributed by atoms with Crippen LogP contribution in [0.25, 0.3) is 0 Å². The Bertz CT molecular complexity index is 593. The Morgan fingerprint density at radius 2 is 2.24 bits per heavy atom. The van der Waals surface area contributed by atoms with E-state index in [0.29, 0.717) is 25.1 Å². The van der Waals surface area contributed by atoms with E-state index in [1.165, 1.54) is 15.7 Å². The molecule has 1 aromatic heterocycles. The highest BCUT2D eigenvalue weighted by Gasteiger charge is 2.27. The van der Waals surface area contributed by atoms with Crippen LogP contribution in [0, 0.1) is 6.92 Å². The zero-order chi connectivity index (χ0) is 15.4. The molecule has 1 fully saturated rings. The summed E-state index contributed by atoms with van der Waals surface area (Å²) in [7, 11) is 0. The van der Waals surface area contributed by atoms with Crippen LogP contribution in [0.3, 0.4) is 0 Å². The molecule has 0 atom stereocenters. The molecule has 1 aliphatic heterocycles. The van der Waals surface area contributed by atoms with E-state index in [-0.39, 0.29) is 30.7 Å². The normalized spacial score (nSPS) is 14.3. The number of likely N-dealkylation sites (tertiary alicyclic amines) is 1. The minimum Gasteiger partial charge on any atom is -0.457 e. The summed E-state index contributed by atoms with van der Waals surface area (Å²) in [5.74, 6) is -1.15. The van der Waals surface area contributed by atoms with Gasteiger partial charge in [0.2, 0.25) is 5.91 Å². The van der Waals surface area contributed by atoms with E-state index in [9.17, 15) is 14.4 Å². The Labute approximate surface area is 121 Å². The molecule has 2 rings (SSSR count). The number of nitrogens with zero attached hydrogens (tertiary/aromatic N) is 4. The second-order valence-electron chi connectivity index (χ2n) is 4.61. The van der Waals surface area contributed by atoms with Gasteiger partial charge in [-0.3, -0.25) is 14.5 Å². The fraction of sp³-hybridized carbons (Fsp3) is 0.462. The first-order valence-corrected chi connectivity index (χ1v) is 6.56. The van der Waals surface area contributed by atoms with E-state index in [0.717, 1.165) is 0 Å². The first-order valence-electron chi connectivity index (χ1n) is 6.56. The average molecular weight is 292 g/mol. The lowest BCUT2D eigenvalue weighted by atomic mass is 10.3. The quantitative estimate of drug-likeness (QED) is 0.563. The summed E-state index contributed by atoms with van der Waals surface area (Å²) < 4.78 is 6.16. The van der Waals surface area contributed by atoms with Gasteiger partial charge in [-0.25, -0.2) is 9.48 Å². The van der Waals surface area contributed by atoms with Crippen molar-refractivity contribution in [1.29, 1.82) is 0 Å². The molecule has 8 heteroatoms. The maximum Gasteiger partial charge on any atom is 0.361 e. The van der Waals surface area contributed by atoms with Gasteiger partial charge in [0.1, 0.15) is 13.2 Å². The molecule has 1 saturated heterocycles. The number of rotatable bonds is 5. The third-order valence-electron chi connectivity index (χ3n) is 3.17. The van der Waals surface area contributed by atoms with Crippen LogP contribution in [-0.4, -0.2) is 50.8 Å². The second-order valence-corrected chi connectivity index (χ2v) is 4.61. The molecule has 0 aliphatic carbocycles. The predicted molar refractivity (Wildman–Crippen MR) is 71.2 cm³/mol. The van der Waals surface area contributed by atoms with Crippen LogP contribution in [0.1, 0.15) is 29.0 Å². The van der Waals surface area contributed by atoms with Gasteiger partial charge in [-0.05, 0) is 13.3 Å². The van der Waals surface area contributed by atoms with E-state index in [2.05, 4.69) is 16.9 Å². The van der Waals surface area contributed by atoms with Crippen molar-refractivity contribution in [2.75, 3.05) is 13.2 Å².